The Labute approximate surface area is 131 Å². The van der Waals surface area contributed by atoms with Crippen molar-refractivity contribution in [3.8, 4) is 0 Å². The third-order valence-corrected chi connectivity index (χ3v) is 6.11. The molecule has 0 N–H and O–H groups in total. The Morgan fingerprint density at radius 3 is 2.82 bits per heavy atom. The van der Waals surface area contributed by atoms with Crippen LogP contribution in [0.1, 0.15) is 59.3 Å². The number of ether oxygens (including phenoxy) is 2. The monoisotopic (exact) mass is 310 g/mol. The van der Waals surface area contributed by atoms with Crippen LogP contribution < -0.4 is 0 Å². The zero-order valence-corrected chi connectivity index (χ0v) is 13.7. The summed E-state index contributed by atoms with van der Waals surface area (Å²) in [5.74, 6) is 0.519. The molecule has 4 heterocycles. The predicted octanol–water partition coefficient (Wildman–Crippen LogP) is 3.18. The Morgan fingerprint density at radius 2 is 2.05 bits per heavy atom. The van der Waals surface area contributed by atoms with E-state index < -0.39 is 17.7 Å². The Bertz CT molecular complexity index is 474. The van der Waals surface area contributed by atoms with Crippen LogP contribution in [0.3, 0.4) is 0 Å². The topological polar surface area (TPSA) is 54.0 Å². The highest BCUT2D eigenvalue weighted by Gasteiger charge is 2.69. The molecular weight excluding hydrogens is 284 g/mol. The van der Waals surface area contributed by atoms with Crippen LogP contribution in [0.15, 0.2) is 0 Å². The molecule has 0 unspecified atom stereocenters. The van der Waals surface area contributed by atoms with Crippen LogP contribution in [0.5, 0.6) is 0 Å². The van der Waals surface area contributed by atoms with Gasteiger partial charge in [-0.05, 0) is 31.1 Å². The van der Waals surface area contributed by atoms with Crippen LogP contribution in [0.4, 0.5) is 0 Å². The summed E-state index contributed by atoms with van der Waals surface area (Å²) in [6.45, 7) is 6.56. The van der Waals surface area contributed by atoms with Crippen molar-refractivity contribution in [2.45, 2.75) is 77.0 Å². The molecule has 0 aromatic heterocycles. The third kappa shape index (κ3) is 1.98. The second kappa shape index (κ2) is 4.92. The van der Waals surface area contributed by atoms with Gasteiger partial charge in [0.2, 0.25) is 12.1 Å². The van der Waals surface area contributed by atoms with Gasteiger partial charge in [0, 0.05) is 24.7 Å². The largest absolute Gasteiger partial charge is 0.432 e. The van der Waals surface area contributed by atoms with E-state index in [0.29, 0.717) is 24.2 Å². The second-order valence-corrected chi connectivity index (χ2v) is 8.07. The van der Waals surface area contributed by atoms with Gasteiger partial charge in [0.05, 0.1) is 6.42 Å². The van der Waals surface area contributed by atoms with Crippen LogP contribution in [0, 0.1) is 23.7 Å². The van der Waals surface area contributed by atoms with Crippen molar-refractivity contribution in [3.05, 3.63) is 0 Å². The first-order chi connectivity index (χ1) is 10.5. The molecule has 4 saturated heterocycles. The first kappa shape index (κ1) is 14.9. The van der Waals surface area contributed by atoms with Crippen molar-refractivity contribution in [2.75, 3.05) is 0 Å². The molecule has 124 valence electrons. The number of carbonyl (C=O) groups excluding carboxylic acids is 1. The molecule has 5 rings (SSSR count). The zero-order valence-electron chi connectivity index (χ0n) is 13.7. The molecule has 0 aromatic carbocycles. The van der Waals surface area contributed by atoms with E-state index in [1.165, 1.54) is 0 Å². The molecular formula is C17H26O5. The highest BCUT2D eigenvalue weighted by molar-refractivity contribution is 5.71. The molecule has 22 heavy (non-hydrogen) atoms. The quantitative estimate of drug-likeness (QED) is 0.579. The number of hydrogen-bond acceptors (Lipinski definition) is 5. The van der Waals surface area contributed by atoms with Crippen LogP contribution in [0.25, 0.3) is 0 Å². The fraction of sp³-hybridized carbons (Fsp3) is 0.941. The first-order valence-corrected chi connectivity index (χ1v) is 8.69. The minimum Gasteiger partial charge on any atom is -0.432 e. The molecule has 5 fully saturated rings. The van der Waals surface area contributed by atoms with Crippen LogP contribution in [-0.2, 0) is 24.0 Å². The average molecular weight is 310 g/mol. The molecule has 0 amide bonds. The van der Waals surface area contributed by atoms with Gasteiger partial charge < -0.3 is 9.47 Å². The van der Waals surface area contributed by atoms with Gasteiger partial charge in [-0.2, -0.15) is 0 Å². The Hall–Kier alpha value is -0.650. The van der Waals surface area contributed by atoms with E-state index in [0.717, 1.165) is 32.1 Å². The van der Waals surface area contributed by atoms with E-state index in [4.69, 9.17) is 19.2 Å². The maximum absolute atomic E-state index is 12.0. The van der Waals surface area contributed by atoms with Gasteiger partial charge in [0.1, 0.15) is 0 Å². The average Bonchev–Trinajstić information content (AvgIpc) is 2.68. The Balaban J connectivity index is 1.74. The van der Waals surface area contributed by atoms with E-state index in [9.17, 15) is 4.79 Å². The molecule has 0 radical (unpaired) electrons. The summed E-state index contributed by atoms with van der Waals surface area (Å²) < 4.78 is 11.9. The molecule has 5 nitrogen and oxygen atoms in total. The van der Waals surface area contributed by atoms with E-state index in [1.807, 2.05) is 0 Å². The lowest BCUT2D eigenvalue weighted by Gasteiger charge is -2.56. The molecule has 2 bridgehead atoms. The zero-order chi connectivity index (χ0) is 15.5. The van der Waals surface area contributed by atoms with Crippen molar-refractivity contribution in [1.29, 1.82) is 0 Å². The third-order valence-electron chi connectivity index (χ3n) is 6.11. The Morgan fingerprint density at radius 1 is 1.23 bits per heavy atom. The normalized spacial score (nSPS) is 50.5. The van der Waals surface area contributed by atoms with Gasteiger partial charge in [-0.15, -0.1) is 0 Å². The van der Waals surface area contributed by atoms with Crippen LogP contribution in [0.2, 0.25) is 0 Å². The molecule has 1 saturated carbocycles. The molecule has 1 spiro atoms. The molecule has 5 heteroatoms. The van der Waals surface area contributed by atoms with E-state index >= 15 is 0 Å². The number of fused-ring (bicyclic) bond motifs is 2. The minimum atomic E-state index is -0.761. The molecule has 6 atom stereocenters. The maximum atomic E-state index is 12.0. The summed E-state index contributed by atoms with van der Waals surface area (Å²) in [7, 11) is 0. The number of rotatable bonds is 2. The van der Waals surface area contributed by atoms with Crippen molar-refractivity contribution in [1.82, 2.24) is 0 Å². The van der Waals surface area contributed by atoms with Gasteiger partial charge in [-0.25, -0.2) is 9.78 Å². The van der Waals surface area contributed by atoms with E-state index in [2.05, 4.69) is 20.8 Å². The van der Waals surface area contributed by atoms with Crippen molar-refractivity contribution in [2.24, 2.45) is 23.7 Å². The van der Waals surface area contributed by atoms with Gasteiger partial charge in [0.15, 0.2) is 5.60 Å². The van der Waals surface area contributed by atoms with E-state index in [1.54, 1.807) is 0 Å². The summed E-state index contributed by atoms with van der Waals surface area (Å²) in [6.07, 6.45) is 4.50. The van der Waals surface area contributed by atoms with Crippen LogP contribution >= 0.6 is 0 Å². The molecule has 0 aromatic rings. The van der Waals surface area contributed by atoms with Crippen LogP contribution in [-0.4, -0.2) is 23.6 Å². The minimum absolute atomic E-state index is 0.148. The smallest absolute Gasteiger partial charge is 0.308 e. The second-order valence-electron chi connectivity index (χ2n) is 8.07. The lowest BCUT2D eigenvalue weighted by Crippen LogP contribution is -2.68. The summed E-state index contributed by atoms with van der Waals surface area (Å²) >= 11 is 0. The molecule has 4 aliphatic heterocycles. The molecule has 5 aliphatic rings. The molecule has 1 aliphatic carbocycles. The summed E-state index contributed by atoms with van der Waals surface area (Å²) in [6, 6.07) is 0. The number of hydrogen-bond donors (Lipinski definition) is 0. The van der Waals surface area contributed by atoms with Gasteiger partial charge >= 0.3 is 5.97 Å². The number of carbonyl (C=O) groups is 1. The van der Waals surface area contributed by atoms with E-state index in [-0.39, 0.29) is 11.9 Å². The Kier molecular flexibility index (Phi) is 3.34. The first-order valence-electron chi connectivity index (χ1n) is 8.69. The lowest BCUT2D eigenvalue weighted by atomic mass is 9.60. The fourth-order valence-corrected chi connectivity index (χ4v) is 5.17. The van der Waals surface area contributed by atoms with Crippen molar-refractivity contribution < 1.29 is 24.0 Å². The highest BCUT2D eigenvalue weighted by atomic mass is 17.3. The number of esters is 1. The predicted molar refractivity (Wildman–Crippen MR) is 77.3 cm³/mol. The standard InChI is InChI=1S/C17H26O5/c1-10(2)9-16-7-6-13-11(3)4-5-12-8-14(18)19-15(20-16)17(12,13)22-21-16/h10-13,15H,4-9H2,1-3H3/t11-,12+,13+,15-,16+,17-/m1/s1. The van der Waals surface area contributed by atoms with Crippen molar-refractivity contribution >= 4 is 5.97 Å². The van der Waals surface area contributed by atoms with Gasteiger partial charge in [0.25, 0.3) is 0 Å². The van der Waals surface area contributed by atoms with Gasteiger partial charge in [-0.1, -0.05) is 20.8 Å². The summed E-state index contributed by atoms with van der Waals surface area (Å²) in [4.78, 5) is 24.0. The SMILES string of the molecule is CC(C)C[C@@]12CC[C@H]3[C@H](C)CC[C@H]4CC(=O)O[C@H](O1)[C@@]43OO2. The lowest BCUT2D eigenvalue weighted by molar-refractivity contribution is -0.562. The fourth-order valence-electron chi connectivity index (χ4n) is 5.17. The maximum Gasteiger partial charge on any atom is 0.308 e. The van der Waals surface area contributed by atoms with Gasteiger partial charge in [-0.3, -0.25) is 4.79 Å². The van der Waals surface area contributed by atoms with Crippen molar-refractivity contribution in [3.63, 3.8) is 0 Å². The highest BCUT2D eigenvalue weighted by Crippen LogP contribution is 2.59. The summed E-state index contributed by atoms with van der Waals surface area (Å²) in [5.41, 5.74) is -0.595. The summed E-state index contributed by atoms with van der Waals surface area (Å²) in [5, 5.41) is 0.